The highest BCUT2D eigenvalue weighted by Gasteiger charge is 2.11. The minimum Gasteiger partial charge on any atom is -0.478 e. The van der Waals surface area contributed by atoms with Crippen molar-refractivity contribution < 1.29 is 14.7 Å². The number of aromatic amines is 1. The molecule has 0 saturated carbocycles. The van der Waals surface area contributed by atoms with Gasteiger partial charge in [0.2, 0.25) is 0 Å². The molecule has 0 fully saturated rings. The number of aromatic carboxylic acids is 1. The van der Waals surface area contributed by atoms with Gasteiger partial charge in [0.05, 0.1) is 12.1 Å². The number of amides is 2. The summed E-state index contributed by atoms with van der Waals surface area (Å²) in [6.45, 7) is 1.90. The number of aromatic nitrogens is 2. The van der Waals surface area contributed by atoms with Gasteiger partial charge in [0.1, 0.15) is 5.82 Å². The number of hydrogen-bond acceptors (Lipinski definition) is 3. The highest BCUT2D eigenvalue weighted by Crippen LogP contribution is 2.18. The lowest BCUT2D eigenvalue weighted by atomic mass is 10.1. The molecule has 104 valence electrons. The van der Waals surface area contributed by atoms with E-state index >= 15 is 0 Å². The number of carboxylic acid groups (broad SMARTS) is 1. The van der Waals surface area contributed by atoms with Gasteiger partial charge in [-0.15, -0.1) is 0 Å². The summed E-state index contributed by atoms with van der Waals surface area (Å²) in [5.74, 6) is -0.390. The van der Waals surface area contributed by atoms with Gasteiger partial charge in [-0.2, -0.15) is 0 Å². The lowest BCUT2D eigenvalue weighted by molar-refractivity contribution is 0.0696. The third-order valence-electron chi connectivity index (χ3n) is 2.78. The van der Waals surface area contributed by atoms with Crippen molar-refractivity contribution in [1.82, 2.24) is 15.3 Å². The second-order valence-electron chi connectivity index (χ2n) is 4.13. The van der Waals surface area contributed by atoms with Gasteiger partial charge >= 0.3 is 12.0 Å². The van der Waals surface area contributed by atoms with Crippen LogP contribution in [0.4, 0.5) is 10.5 Å². The van der Waals surface area contributed by atoms with Crippen LogP contribution in [-0.4, -0.2) is 27.1 Å². The summed E-state index contributed by atoms with van der Waals surface area (Å²) in [4.78, 5) is 29.6. The molecule has 0 aliphatic heterocycles. The van der Waals surface area contributed by atoms with E-state index < -0.39 is 12.0 Å². The van der Waals surface area contributed by atoms with Crippen molar-refractivity contribution in [3.63, 3.8) is 0 Å². The molecular weight excluding hydrogens is 260 g/mol. The monoisotopic (exact) mass is 274 g/mol. The first kappa shape index (κ1) is 13.6. The summed E-state index contributed by atoms with van der Waals surface area (Å²) in [5.41, 5.74) is 1.13. The smallest absolute Gasteiger partial charge is 0.336 e. The summed E-state index contributed by atoms with van der Waals surface area (Å²) in [6, 6.07) is 4.29. The fourth-order valence-corrected chi connectivity index (χ4v) is 1.73. The number of anilines is 1. The first-order valence-electron chi connectivity index (χ1n) is 5.94. The zero-order chi connectivity index (χ0) is 14.5. The van der Waals surface area contributed by atoms with Crippen LogP contribution >= 0.6 is 0 Å². The number of carbonyl (C=O) groups excluding carboxylic acids is 1. The molecule has 0 radical (unpaired) electrons. The standard InChI is InChI=1S/C13H14N4O3/c1-8-9(12(18)19)3-2-4-10(8)17-13(20)16-7-11-14-5-6-15-11/h2-6H,7H2,1H3,(H,14,15)(H,18,19)(H2,16,17,20). The highest BCUT2D eigenvalue weighted by atomic mass is 16.4. The molecule has 0 unspecified atom stereocenters. The number of benzene rings is 1. The Morgan fingerprint density at radius 3 is 2.85 bits per heavy atom. The Labute approximate surface area is 115 Å². The van der Waals surface area contributed by atoms with Gasteiger partial charge in [0.25, 0.3) is 0 Å². The molecule has 7 nitrogen and oxygen atoms in total. The normalized spacial score (nSPS) is 10.1. The molecule has 2 amide bonds. The molecule has 1 aromatic heterocycles. The molecule has 0 atom stereocenters. The van der Waals surface area contributed by atoms with Crippen LogP contribution < -0.4 is 10.6 Å². The van der Waals surface area contributed by atoms with Crippen LogP contribution in [0.25, 0.3) is 0 Å². The van der Waals surface area contributed by atoms with Crippen molar-refractivity contribution in [3.8, 4) is 0 Å². The average Bonchev–Trinajstić information content (AvgIpc) is 2.91. The Morgan fingerprint density at radius 1 is 1.40 bits per heavy atom. The van der Waals surface area contributed by atoms with Gasteiger partial charge in [-0.05, 0) is 24.6 Å². The predicted molar refractivity (Wildman–Crippen MR) is 72.6 cm³/mol. The minimum absolute atomic E-state index is 0.161. The van der Waals surface area contributed by atoms with Gasteiger partial charge < -0.3 is 20.7 Å². The van der Waals surface area contributed by atoms with E-state index in [0.29, 0.717) is 17.1 Å². The van der Waals surface area contributed by atoms with Crippen LogP contribution in [0.2, 0.25) is 0 Å². The van der Waals surface area contributed by atoms with Crippen LogP contribution in [0.1, 0.15) is 21.7 Å². The van der Waals surface area contributed by atoms with E-state index in [1.165, 1.54) is 6.07 Å². The number of nitrogens with zero attached hydrogens (tertiary/aromatic N) is 1. The molecule has 4 N–H and O–H groups in total. The molecule has 0 saturated heterocycles. The summed E-state index contributed by atoms with van der Waals surface area (Å²) >= 11 is 0. The largest absolute Gasteiger partial charge is 0.478 e. The van der Waals surface area contributed by atoms with Crippen LogP contribution in [0, 0.1) is 6.92 Å². The lowest BCUT2D eigenvalue weighted by Crippen LogP contribution is -2.29. The third-order valence-corrected chi connectivity index (χ3v) is 2.78. The van der Waals surface area contributed by atoms with Gasteiger partial charge in [0, 0.05) is 18.1 Å². The average molecular weight is 274 g/mol. The molecule has 2 rings (SSSR count). The Balaban J connectivity index is 2.01. The lowest BCUT2D eigenvalue weighted by Gasteiger charge is -2.10. The Morgan fingerprint density at radius 2 is 2.20 bits per heavy atom. The zero-order valence-corrected chi connectivity index (χ0v) is 10.8. The van der Waals surface area contributed by atoms with Gasteiger partial charge in [0.15, 0.2) is 0 Å². The van der Waals surface area contributed by atoms with Crippen molar-refractivity contribution in [1.29, 1.82) is 0 Å². The van der Waals surface area contributed by atoms with Crippen molar-refractivity contribution in [2.24, 2.45) is 0 Å². The third kappa shape index (κ3) is 3.14. The minimum atomic E-state index is -1.03. The van der Waals surface area contributed by atoms with E-state index in [2.05, 4.69) is 20.6 Å². The second-order valence-corrected chi connectivity index (χ2v) is 4.13. The van der Waals surface area contributed by atoms with Gasteiger partial charge in [-0.3, -0.25) is 0 Å². The summed E-state index contributed by atoms with van der Waals surface area (Å²) in [5, 5.41) is 14.2. The number of imidazole rings is 1. The molecule has 1 aromatic carbocycles. The van der Waals surface area contributed by atoms with Crippen LogP contribution in [0.15, 0.2) is 30.6 Å². The van der Waals surface area contributed by atoms with Crippen LogP contribution in [0.3, 0.4) is 0 Å². The predicted octanol–water partition coefficient (Wildman–Crippen LogP) is 1.74. The molecule has 0 aliphatic carbocycles. The summed E-state index contributed by atoms with van der Waals surface area (Å²) in [6.07, 6.45) is 3.25. The fourth-order valence-electron chi connectivity index (χ4n) is 1.73. The zero-order valence-electron chi connectivity index (χ0n) is 10.8. The summed E-state index contributed by atoms with van der Waals surface area (Å²) < 4.78 is 0. The first-order chi connectivity index (χ1) is 9.58. The molecular formula is C13H14N4O3. The van der Waals surface area contributed by atoms with Crippen LogP contribution in [0.5, 0.6) is 0 Å². The number of carbonyl (C=O) groups is 2. The number of H-pyrrole nitrogens is 1. The van der Waals surface area contributed by atoms with Gasteiger partial charge in [-0.1, -0.05) is 6.07 Å². The first-order valence-corrected chi connectivity index (χ1v) is 5.94. The topological polar surface area (TPSA) is 107 Å². The maximum Gasteiger partial charge on any atom is 0.336 e. The van der Waals surface area contributed by atoms with Crippen molar-refractivity contribution in [2.75, 3.05) is 5.32 Å². The quantitative estimate of drug-likeness (QED) is 0.681. The molecule has 0 spiro atoms. The Kier molecular flexibility index (Phi) is 3.99. The molecule has 20 heavy (non-hydrogen) atoms. The van der Waals surface area contributed by atoms with Crippen molar-refractivity contribution in [2.45, 2.75) is 13.5 Å². The Hall–Kier alpha value is -2.83. The molecule has 0 bridgehead atoms. The van der Waals surface area contributed by atoms with E-state index in [4.69, 9.17) is 5.11 Å². The number of urea groups is 1. The molecule has 7 heteroatoms. The van der Waals surface area contributed by atoms with E-state index in [0.717, 1.165) is 0 Å². The number of rotatable bonds is 4. The number of nitrogens with one attached hydrogen (secondary N) is 3. The van der Waals surface area contributed by atoms with E-state index in [9.17, 15) is 9.59 Å². The fraction of sp³-hybridized carbons (Fsp3) is 0.154. The maximum atomic E-state index is 11.7. The highest BCUT2D eigenvalue weighted by molar-refractivity contribution is 5.95. The Bertz CT molecular complexity index is 623. The van der Waals surface area contributed by atoms with Crippen molar-refractivity contribution in [3.05, 3.63) is 47.5 Å². The maximum absolute atomic E-state index is 11.7. The van der Waals surface area contributed by atoms with E-state index in [-0.39, 0.29) is 12.1 Å². The molecule has 2 aromatic rings. The summed E-state index contributed by atoms with van der Waals surface area (Å²) in [7, 11) is 0. The number of carboxylic acids is 1. The van der Waals surface area contributed by atoms with Gasteiger partial charge in [-0.25, -0.2) is 14.6 Å². The molecule has 1 heterocycles. The van der Waals surface area contributed by atoms with Crippen molar-refractivity contribution >= 4 is 17.7 Å². The molecule has 0 aliphatic rings. The van der Waals surface area contributed by atoms with E-state index in [1.54, 1.807) is 31.5 Å². The SMILES string of the molecule is Cc1c(NC(=O)NCc2ncc[nH]2)cccc1C(=O)O. The second kappa shape index (κ2) is 5.87. The van der Waals surface area contributed by atoms with E-state index in [1.807, 2.05) is 0 Å². The van der Waals surface area contributed by atoms with Crippen LogP contribution in [-0.2, 0) is 6.54 Å². The number of hydrogen-bond donors (Lipinski definition) is 4.